The van der Waals surface area contributed by atoms with Gasteiger partial charge in [0.25, 0.3) is 0 Å². The predicted octanol–water partition coefficient (Wildman–Crippen LogP) is 3.10. The summed E-state index contributed by atoms with van der Waals surface area (Å²) in [6.07, 6.45) is 10.5. The molecule has 0 radical (unpaired) electrons. The molecule has 0 saturated heterocycles. The lowest BCUT2D eigenvalue weighted by Gasteiger charge is -2.20. The van der Waals surface area contributed by atoms with Crippen molar-refractivity contribution >= 4 is 5.97 Å². The molecule has 0 spiro atoms. The summed E-state index contributed by atoms with van der Waals surface area (Å²) in [6, 6.07) is 0.150. The number of carbonyl (C=O) groups excluding carboxylic acids is 1. The van der Waals surface area contributed by atoms with Crippen molar-refractivity contribution in [3.63, 3.8) is 0 Å². The first-order valence-electron chi connectivity index (χ1n) is 7.36. The molecule has 19 heavy (non-hydrogen) atoms. The zero-order valence-corrected chi connectivity index (χ0v) is 12.1. The summed E-state index contributed by atoms with van der Waals surface area (Å²) in [6.45, 7) is 4.61. The number of carbonyl (C=O) groups is 1. The summed E-state index contributed by atoms with van der Waals surface area (Å²) in [5.74, 6) is -0.183. The maximum Gasteiger partial charge on any atom is 0.333 e. The lowest BCUT2D eigenvalue weighted by atomic mass is 9.89. The molecule has 1 unspecified atom stereocenters. The number of nitrogens with two attached hydrogens (primary N) is 1. The Kier molecular flexibility index (Phi) is 4.46. The summed E-state index contributed by atoms with van der Waals surface area (Å²) in [5, 5.41) is 0. The molecule has 0 bridgehead atoms. The Labute approximate surface area is 115 Å². The lowest BCUT2D eigenvalue weighted by Crippen LogP contribution is -2.25. The molecule has 0 aromatic rings. The third-order valence-electron chi connectivity index (χ3n) is 4.36. The van der Waals surface area contributed by atoms with Gasteiger partial charge < -0.3 is 10.5 Å². The average Bonchev–Trinajstić information content (AvgIpc) is 3.15. The summed E-state index contributed by atoms with van der Waals surface area (Å²) in [5.41, 5.74) is 8.86. The van der Waals surface area contributed by atoms with Crippen LogP contribution in [-0.2, 0) is 9.53 Å². The van der Waals surface area contributed by atoms with E-state index < -0.39 is 0 Å². The van der Waals surface area contributed by atoms with Crippen LogP contribution in [0.15, 0.2) is 23.3 Å². The van der Waals surface area contributed by atoms with Gasteiger partial charge in [0.1, 0.15) is 0 Å². The Hall–Kier alpha value is -1.09. The number of ether oxygens (including phenoxy) is 1. The second kappa shape index (κ2) is 5.91. The van der Waals surface area contributed by atoms with Gasteiger partial charge >= 0.3 is 5.97 Å². The van der Waals surface area contributed by atoms with Crippen LogP contribution in [0.3, 0.4) is 0 Å². The molecule has 106 valence electrons. The van der Waals surface area contributed by atoms with E-state index >= 15 is 0 Å². The summed E-state index contributed by atoms with van der Waals surface area (Å²) >= 11 is 0. The van der Waals surface area contributed by atoms with Crippen LogP contribution in [0.1, 0.15) is 52.4 Å². The van der Waals surface area contributed by atoms with Gasteiger partial charge in [0.15, 0.2) is 0 Å². The Bertz CT molecular complexity index is 405. The van der Waals surface area contributed by atoms with Gasteiger partial charge in [-0.25, -0.2) is 4.79 Å². The third kappa shape index (κ3) is 3.93. The molecular formula is C16H25NO2. The van der Waals surface area contributed by atoms with Crippen LogP contribution in [0.25, 0.3) is 0 Å². The van der Waals surface area contributed by atoms with Crippen molar-refractivity contribution in [2.45, 2.75) is 58.4 Å². The molecule has 3 heteroatoms. The standard InChI is InChI=1S/C16H25NO2/c1-3-19-15(18)13-6-4-12(5-7-13)14(17)8-9-16(2)10-11-16/h4,6,14H,3,5,7-11,17H2,1-2H3. The summed E-state index contributed by atoms with van der Waals surface area (Å²) in [4.78, 5) is 11.6. The van der Waals surface area contributed by atoms with Crippen molar-refractivity contribution in [2.75, 3.05) is 6.61 Å². The number of hydrogen-bond acceptors (Lipinski definition) is 3. The maximum atomic E-state index is 11.6. The van der Waals surface area contributed by atoms with Crippen molar-refractivity contribution in [1.82, 2.24) is 0 Å². The molecule has 3 nitrogen and oxygen atoms in total. The molecule has 0 heterocycles. The number of esters is 1. The van der Waals surface area contributed by atoms with E-state index in [0.29, 0.717) is 12.0 Å². The third-order valence-corrected chi connectivity index (χ3v) is 4.36. The Balaban J connectivity index is 1.86. The van der Waals surface area contributed by atoms with Crippen LogP contribution in [0.5, 0.6) is 0 Å². The highest BCUT2D eigenvalue weighted by molar-refractivity contribution is 5.89. The minimum atomic E-state index is -0.183. The minimum Gasteiger partial charge on any atom is -0.463 e. The molecule has 2 N–H and O–H groups in total. The van der Waals surface area contributed by atoms with Crippen LogP contribution in [-0.4, -0.2) is 18.6 Å². The van der Waals surface area contributed by atoms with Gasteiger partial charge in [-0.3, -0.25) is 0 Å². The number of allylic oxidation sites excluding steroid dienone is 2. The van der Waals surface area contributed by atoms with E-state index in [2.05, 4.69) is 6.92 Å². The van der Waals surface area contributed by atoms with E-state index in [4.69, 9.17) is 10.5 Å². The topological polar surface area (TPSA) is 52.3 Å². The second-order valence-electron chi connectivity index (χ2n) is 6.11. The molecule has 0 amide bonds. The Morgan fingerprint density at radius 2 is 2.16 bits per heavy atom. The van der Waals surface area contributed by atoms with Crippen LogP contribution in [0.2, 0.25) is 0 Å². The van der Waals surface area contributed by atoms with Gasteiger partial charge in [-0.2, -0.15) is 0 Å². The summed E-state index contributed by atoms with van der Waals surface area (Å²) < 4.78 is 5.01. The lowest BCUT2D eigenvalue weighted by molar-refractivity contribution is -0.138. The van der Waals surface area contributed by atoms with Crippen molar-refractivity contribution in [2.24, 2.45) is 11.1 Å². The monoisotopic (exact) mass is 263 g/mol. The van der Waals surface area contributed by atoms with E-state index in [-0.39, 0.29) is 12.0 Å². The molecule has 0 aromatic heterocycles. The van der Waals surface area contributed by atoms with E-state index in [9.17, 15) is 4.79 Å². The first-order chi connectivity index (χ1) is 9.04. The first kappa shape index (κ1) is 14.3. The largest absolute Gasteiger partial charge is 0.463 e. The predicted molar refractivity (Wildman–Crippen MR) is 76.6 cm³/mol. The fourth-order valence-corrected chi connectivity index (χ4v) is 2.51. The average molecular weight is 263 g/mol. The number of rotatable bonds is 6. The van der Waals surface area contributed by atoms with Crippen molar-refractivity contribution in [3.8, 4) is 0 Å². The van der Waals surface area contributed by atoms with Crippen molar-refractivity contribution in [1.29, 1.82) is 0 Å². The first-order valence-corrected chi connectivity index (χ1v) is 7.36. The molecule has 1 saturated carbocycles. The molecule has 2 aliphatic carbocycles. The summed E-state index contributed by atoms with van der Waals surface area (Å²) in [7, 11) is 0. The van der Waals surface area contributed by atoms with Gasteiger partial charge in [-0.1, -0.05) is 24.6 Å². The smallest absolute Gasteiger partial charge is 0.333 e. The van der Waals surface area contributed by atoms with Gasteiger partial charge in [-0.05, 0) is 50.9 Å². The van der Waals surface area contributed by atoms with E-state index in [1.54, 1.807) is 0 Å². The van der Waals surface area contributed by atoms with Crippen LogP contribution < -0.4 is 5.73 Å². The van der Waals surface area contributed by atoms with Gasteiger partial charge in [0.2, 0.25) is 0 Å². The van der Waals surface area contributed by atoms with E-state index in [0.717, 1.165) is 24.8 Å². The molecule has 0 aliphatic heterocycles. The van der Waals surface area contributed by atoms with Gasteiger partial charge in [0, 0.05) is 11.6 Å². The second-order valence-corrected chi connectivity index (χ2v) is 6.11. The van der Waals surface area contributed by atoms with Crippen LogP contribution >= 0.6 is 0 Å². The van der Waals surface area contributed by atoms with Crippen LogP contribution in [0.4, 0.5) is 0 Å². The van der Waals surface area contributed by atoms with E-state index in [1.165, 1.54) is 24.8 Å². The fourth-order valence-electron chi connectivity index (χ4n) is 2.51. The van der Waals surface area contributed by atoms with E-state index in [1.807, 2.05) is 19.1 Å². The molecule has 2 aliphatic rings. The highest BCUT2D eigenvalue weighted by Gasteiger charge is 2.36. The van der Waals surface area contributed by atoms with Gasteiger partial charge in [-0.15, -0.1) is 0 Å². The van der Waals surface area contributed by atoms with Crippen LogP contribution in [0, 0.1) is 5.41 Å². The zero-order valence-electron chi connectivity index (χ0n) is 12.1. The molecule has 0 aromatic carbocycles. The highest BCUT2D eigenvalue weighted by atomic mass is 16.5. The van der Waals surface area contributed by atoms with Gasteiger partial charge in [0.05, 0.1) is 6.61 Å². The normalized spacial score (nSPS) is 22.3. The quantitative estimate of drug-likeness (QED) is 0.749. The maximum absolute atomic E-state index is 11.6. The highest BCUT2D eigenvalue weighted by Crippen LogP contribution is 2.49. The molecular weight excluding hydrogens is 238 g/mol. The Morgan fingerprint density at radius 1 is 1.42 bits per heavy atom. The molecule has 1 fully saturated rings. The number of hydrogen-bond donors (Lipinski definition) is 1. The molecule has 1 atom stereocenters. The zero-order chi connectivity index (χ0) is 13.9. The minimum absolute atomic E-state index is 0.150. The Morgan fingerprint density at radius 3 is 2.68 bits per heavy atom. The fraction of sp³-hybridized carbons (Fsp3) is 0.688. The van der Waals surface area contributed by atoms with Crippen molar-refractivity contribution in [3.05, 3.63) is 23.3 Å². The molecule has 2 rings (SSSR count). The van der Waals surface area contributed by atoms with Crippen molar-refractivity contribution < 1.29 is 9.53 Å². The SMILES string of the molecule is CCOC(=O)C1=CC=C(C(N)CCC2(C)CC2)CC1.